The highest BCUT2D eigenvalue weighted by atomic mass is 19.4. The van der Waals surface area contributed by atoms with E-state index in [4.69, 9.17) is 0 Å². The predicted molar refractivity (Wildman–Crippen MR) is 81.8 cm³/mol. The molecule has 2 aromatic carbocycles. The van der Waals surface area contributed by atoms with Crippen molar-refractivity contribution in [3.63, 3.8) is 0 Å². The molecule has 0 aromatic heterocycles. The molecule has 6 heteroatoms. The van der Waals surface area contributed by atoms with Crippen LogP contribution in [0.15, 0.2) is 48.5 Å². The number of halogens is 5. The molecule has 0 saturated carbocycles. The number of hydrogen-bond acceptors (Lipinski definition) is 1. The van der Waals surface area contributed by atoms with Gasteiger partial charge in [0.25, 0.3) is 0 Å². The third-order valence-electron chi connectivity index (χ3n) is 3.43. The van der Waals surface area contributed by atoms with Crippen LogP contribution < -0.4 is 4.74 Å². The molecule has 0 bridgehead atoms. The van der Waals surface area contributed by atoms with Crippen molar-refractivity contribution < 1.29 is 26.7 Å². The van der Waals surface area contributed by atoms with Crippen molar-refractivity contribution in [3.8, 4) is 16.9 Å². The van der Waals surface area contributed by atoms with Gasteiger partial charge in [-0.15, -0.1) is 0 Å². The molecule has 0 aliphatic carbocycles. The number of rotatable bonds is 6. The Morgan fingerprint density at radius 1 is 0.917 bits per heavy atom. The molecule has 1 radical (unpaired) electrons. The summed E-state index contributed by atoms with van der Waals surface area (Å²) >= 11 is 0. The Kier molecular flexibility index (Phi) is 5.47. The lowest BCUT2D eigenvalue weighted by Gasteiger charge is -2.20. The van der Waals surface area contributed by atoms with Crippen LogP contribution in [0.2, 0.25) is 0 Å². The van der Waals surface area contributed by atoms with Crippen molar-refractivity contribution in [1.29, 1.82) is 0 Å². The van der Waals surface area contributed by atoms with Crippen molar-refractivity contribution in [2.24, 2.45) is 0 Å². The van der Waals surface area contributed by atoms with E-state index in [2.05, 4.69) is 11.7 Å². The molecule has 2 rings (SSSR count). The first-order valence-corrected chi connectivity index (χ1v) is 7.36. The molecule has 0 heterocycles. The van der Waals surface area contributed by atoms with E-state index in [9.17, 15) is 22.0 Å². The van der Waals surface area contributed by atoms with E-state index in [0.29, 0.717) is 5.56 Å². The molecule has 0 spiro atoms. The van der Waals surface area contributed by atoms with Crippen LogP contribution in [-0.4, -0.2) is 12.3 Å². The first-order valence-electron chi connectivity index (χ1n) is 7.36. The predicted octanol–water partition coefficient (Wildman–Crippen LogP) is 6.04. The van der Waals surface area contributed by atoms with E-state index in [1.165, 1.54) is 12.1 Å². The fourth-order valence-electron chi connectivity index (χ4n) is 2.27. The topological polar surface area (TPSA) is 9.23 Å². The average molecular weight is 343 g/mol. The molecule has 0 atom stereocenters. The molecular weight excluding hydrogens is 327 g/mol. The molecule has 0 unspecified atom stereocenters. The highest BCUT2D eigenvalue weighted by Crippen LogP contribution is 2.38. The number of alkyl halides is 5. The van der Waals surface area contributed by atoms with E-state index in [-0.39, 0.29) is 0 Å². The van der Waals surface area contributed by atoms with Crippen LogP contribution in [0.1, 0.15) is 18.4 Å². The second-order valence-electron chi connectivity index (χ2n) is 5.26. The summed E-state index contributed by atoms with van der Waals surface area (Å²) in [5.41, 5.74) is 2.26. The lowest BCUT2D eigenvalue weighted by Crippen LogP contribution is -2.41. The molecule has 0 saturated heterocycles. The molecule has 24 heavy (non-hydrogen) atoms. The molecule has 0 amide bonds. The number of ether oxygens (including phenoxy) is 1. The van der Waals surface area contributed by atoms with Gasteiger partial charge in [-0.2, -0.15) is 22.0 Å². The van der Waals surface area contributed by atoms with Gasteiger partial charge in [-0.3, -0.25) is 0 Å². The van der Waals surface area contributed by atoms with E-state index in [1.807, 2.05) is 12.1 Å². The van der Waals surface area contributed by atoms with Crippen molar-refractivity contribution in [1.82, 2.24) is 0 Å². The van der Waals surface area contributed by atoms with Gasteiger partial charge in [-0.1, -0.05) is 49.7 Å². The van der Waals surface area contributed by atoms with Crippen LogP contribution >= 0.6 is 0 Å². The van der Waals surface area contributed by atoms with Crippen LogP contribution in [0.3, 0.4) is 0 Å². The molecule has 1 nitrogen and oxygen atoms in total. The number of hydrogen-bond donors (Lipinski definition) is 0. The summed E-state index contributed by atoms with van der Waals surface area (Å²) in [6.45, 7) is 3.77. The van der Waals surface area contributed by atoms with Crippen LogP contribution in [0.4, 0.5) is 22.0 Å². The standard InChI is InChI=1S/C18H16F5O/c1-2-3-7-13-8-4-5-11-16(13)14-9-6-10-15(12-14)24-18(22,23)17(19,20)21/h4-6,8-12H,1-3,7H2. The summed E-state index contributed by atoms with van der Waals surface area (Å²) in [6, 6.07) is 12.6. The summed E-state index contributed by atoms with van der Waals surface area (Å²) < 4.78 is 66.8. The van der Waals surface area contributed by atoms with Crippen molar-refractivity contribution in [2.45, 2.75) is 31.5 Å². The lowest BCUT2D eigenvalue weighted by molar-refractivity contribution is -0.360. The molecule has 129 valence electrons. The minimum atomic E-state index is -5.77. The molecule has 2 aromatic rings. The van der Waals surface area contributed by atoms with Crippen molar-refractivity contribution in [2.75, 3.05) is 0 Å². The number of aryl methyl sites for hydroxylation is 1. The zero-order valence-electron chi connectivity index (χ0n) is 12.7. The second-order valence-corrected chi connectivity index (χ2v) is 5.26. The molecule has 0 aliphatic rings. The summed E-state index contributed by atoms with van der Waals surface area (Å²) in [4.78, 5) is 0. The SMILES string of the molecule is [CH2]CCCc1ccccc1-c1cccc(OC(F)(F)C(F)(F)F)c1. The smallest absolute Gasteiger partial charge is 0.426 e. The number of unbranched alkanes of at least 4 members (excludes halogenated alkanes) is 1. The minimum absolute atomic E-state index is 0.519. The minimum Gasteiger partial charge on any atom is -0.426 e. The Hall–Kier alpha value is -2.11. The molecule has 0 N–H and O–H groups in total. The Morgan fingerprint density at radius 2 is 1.62 bits per heavy atom. The number of benzene rings is 2. The Morgan fingerprint density at radius 3 is 2.29 bits per heavy atom. The van der Waals surface area contributed by atoms with Crippen LogP contribution in [0, 0.1) is 6.92 Å². The zero-order valence-corrected chi connectivity index (χ0v) is 12.7. The van der Waals surface area contributed by atoms with Gasteiger partial charge in [-0.05, 0) is 41.7 Å². The van der Waals surface area contributed by atoms with Gasteiger partial charge in [0.15, 0.2) is 0 Å². The Bertz CT molecular complexity index is 679. The highest BCUT2D eigenvalue weighted by Gasteiger charge is 2.61. The quantitative estimate of drug-likeness (QED) is 0.581. The summed E-state index contributed by atoms with van der Waals surface area (Å²) in [5.74, 6) is -0.540. The first kappa shape index (κ1) is 18.2. The molecule has 0 fully saturated rings. The van der Waals surface area contributed by atoms with Crippen LogP contribution in [-0.2, 0) is 6.42 Å². The monoisotopic (exact) mass is 343 g/mol. The molecule has 0 aliphatic heterocycles. The van der Waals surface area contributed by atoms with E-state index < -0.39 is 18.0 Å². The zero-order chi connectivity index (χ0) is 17.8. The van der Waals surface area contributed by atoms with E-state index in [1.54, 1.807) is 18.2 Å². The van der Waals surface area contributed by atoms with Crippen molar-refractivity contribution in [3.05, 3.63) is 61.0 Å². The first-order chi connectivity index (χ1) is 11.2. The van der Waals surface area contributed by atoms with Crippen LogP contribution in [0.5, 0.6) is 5.75 Å². The van der Waals surface area contributed by atoms with Gasteiger partial charge in [0.05, 0.1) is 0 Å². The largest absolute Gasteiger partial charge is 0.499 e. The lowest BCUT2D eigenvalue weighted by atomic mass is 9.96. The summed E-state index contributed by atoms with van der Waals surface area (Å²) in [5, 5.41) is 0. The second kappa shape index (κ2) is 7.20. The van der Waals surface area contributed by atoms with Crippen LogP contribution in [0.25, 0.3) is 11.1 Å². The summed E-state index contributed by atoms with van der Waals surface area (Å²) in [6.07, 6.45) is -8.67. The van der Waals surface area contributed by atoms with Gasteiger partial charge >= 0.3 is 12.3 Å². The third kappa shape index (κ3) is 4.24. The van der Waals surface area contributed by atoms with E-state index >= 15 is 0 Å². The fourth-order valence-corrected chi connectivity index (χ4v) is 2.27. The normalized spacial score (nSPS) is 12.2. The van der Waals surface area contributed by atoms with Crippen molar-refractivity contribution >= 4 is 0 Å². The van der Waals surface area contributed by atoms with Gasteiger partial charge in [0.1, 0.15) is 5.75 Å². The van der Waals surface area contributed by atoms with E-state index in [0.717, 1.165) is 36.5 Å². The Labute approximate surface area is 137 Å². The third-order valence-corrected chi connectivity index (χ3v) is 3.43. The maximum absolute atomic E-state index is 13.0. The Balaban J connectivity index is 2.32. The fraction of sp³-hybridized carbons (Fsp3) is 0.278. The summed E-state index contributed by atoms with van der Waals surface area (Å²) in [7, 11) is 0. The van der Waals surface area contributed by atoms with Gasteiger partial charge in [0.2, 0.25) is 0 Å². The maximum Gasteiger partial charge on any atom is 0.499 e. The highest BCUT2D eigenvalue weighted by molar-refractivity contribution is 5.68. The van der Waals surface area contributed by atoms with Gasteiger partial charge < -0.3 is 4.74 Å². The average Bonchev–Trinajstić information content (AvgIpc) is 2.52. The van der Waals surface area contributed by atoms with Gasteiger partial charge in [-0.25, -0.2) is 0 Å². The molecular formula is C18H16F5O. The van der Waals surface area contributed by atoms with Gasteiger partial charge in [0, 0.05) is 0 Å². The maximum atomic E-state index is 13.0.